The van der Waals surface area contributed by atoms with E-state index >= 15 is 0 Å². The van der Waals surface area contributed by atoms with Gasteiger partial charge in [-0.3, -0.25) is 53.6 Å². The lowest BCUT2D eigenvalue weighted by atomic mass is 9.71. The number of carbonyl (C=O) groups excluding carboxylic acids is 6. The summed E-state index contributed by atoms with van der Waals surface area (Å²) in [6.45, 7) is 19.9. The van der Waals surface area contributed by atoms with Crippen LogP contribution in [-0.2, 0) is 32.2 Å². The van der Waals surface area contributed by atoms with E-state index in [9.17, 15) is 33.6 Å². The lowest BCUT2D eigenvalue weighted by Gasteiger charge is -2.47. The Morgan fingerprint density at radius 2 is 1.49 bits per heavy atom. The van der Waals surface area contributed by atoms with Gasteiger partial charge in [0, 0.05) is 126 Å². The van der Waals surface area contributed by atoms with Gasteiger partial charge in [-0.25, -0.2) is 0 Å². The third-order valence-electron chi connectivity index (χ3n) is 17.6. The molecule has 4 N–H and O–H groups in total. The van der Waals surface area contributed by atoms with Crippen LogP contribution in [0.15, 0.2) is 65.5 Å². The number of aryl methyl sites for hydroxylation is 2. The molecule has 414 valence electrons. The van der Waals surface area contributed by atoms with Gasteiger partial charge in [-0.05, 0) is 149 Å². The molecular weight excluding hydrogens is 989 g/mol. The maximum absolute atomic E-state index is 14.1. The Morgan fingerprint density at radius 1 is 0.782 bits per heavy atom. The number of hydrogen-bond donors (Lipinski definition) is 4. The van der Waals surface area contributed by atoms with Crippen LogP contribution in [0.1, 0.15) is 117 Å². The number of rotatable bonds is 16. The number of ether oxygens (including phenoxy) is 1. The van der Waals surface area contributed by atoms with Crippen LogP contribution in [0.2, 0.25) is 0 Å². The molecule has 5 fully saturated rings. The molecule has 3 aromatic carbocycles. The standard InChI is InChI=1S/C60H76N10O8/c1-5-69(45-15-31-78-32-16-45)51-35-44(34-47(41(51)4)55(73)62-36-48-39(2)33-40(3)63-56(48)74)43-11-9-42(10-12-43)37-66-27-29-67(30-28-66)38-53(72)68-24-19-60(20-25-68)17-22-65(23-18-60)26-21-61-49-8-6-7-46-54(49)59(77)70(58(46)76)50-13-14-52(71)64-57(50)75/h6-12,33-35,45,50,61H,5,13-32,36-38H2,1-4H3,(H,62,73)(H,63,74)(H,64,71,75). The van der Waals surface area contributed by atoms with Crippen molar-refractivity contribution in [2.24, 2.45) is 5.41 Å². The summed E-state index contributed by atoms with van der Waals surface area (Å²) in [5, 5.41) is 8.71. The van der Waals surface area contributed by atoms with Gasteiger partial charge in [-0.15, -0.1) is 0 Å². The van der Waals surface area contributed by atoms with Crippen molar-refractivity contribution in [3.05, 3.63) is 116 Å². The van der Waals surface area contributed by atoms with Gasteiger partial charge in [-0.2, -0.15) is 0 Å². The number of amides is 6. The Labute approximate surface area is 457 Å². The van der Waals surface area contributed by atoms with Gasteiger partial charge in [0.2, 0.25) is 17.7 Å². The average molecular weight is 1070 g/mol. The quantitative estimate of drug-likeness (QED) is 0.106. The smallest absolute Gasteiger partial charge is 0.264 e. The van der Waals surface area contributed by atoms with E-state index in [1.54, 1.807) is 18.2 Å². The molecule has 78 heavy (non-hydrogen) atoms. The fourth-order valence-corrected chi connectivity index (χ4v) is 12.8. The average Bonchev–Trinajstić information content (AvgIpc) is 3.87. The molecule has 6 amide bonds. The van der Waals surface area contributed by atoms with Gasteiger partial charge in [-0.1, -0.05) is 30.3 Å². The Morgan fingerprint density at radius 3 is 2.18 bits per heavy atom. The number of piperazine rings is 1. The minimum Gasteiger partial charge on any atom is -0.383 e. The number of imide groups is 2. The predicted molar refractivity (Wildman–Crippen MR) is 298 cm³/mol. The minimum atomic E-state index is -1.00. The van der Waals surface area contributed by atoms with Crippen molar-refractivity contribution in [1.82, 2.24) is 40.1 Å². The summed E-state index contributed by atoms with van der Waals surface area (Å²) >= 11 is 0. The molecular formula is C60H76N10O8. The molecule has 0 aliphatic carbocycles. The van der Waals surface area contributed by atoms with E-state index in [0.717, 1.165) is 149 Å². The number of hydrogen-bond acceptors (Lipinski definition) is 13. The van der Waals surface area contributed by atoms with Crippen LogP contribution in [0.25, 0.3) is 11.1 Å². The second-order valence-electron chi connectivity index (χ2n) is 22.5. The Balaban J connectivity index is 0.674. The van der Waals surface area contributed by atoms with Crippen molar-refractivity contribution in [3.63, 3.8) is 0 Å². The zero-order valence-corrected chi connectivity index (χ0v) is 45.8. The summed E-state index contributed by atoms with van der Waals surface area (Å²) < 4.78 is 5.72. The highest BCUT2D eigenvalue weighted by molar-refractivity contribution is 6.25. The molecule has 6 aliphatic rings. The van der Waals surface area contributed by atoms with Gasteiger partial charge in [0.05, 0.1) is 17.7 Å². The third kappa shape index (κ3) is 11.8. The number of carbonyl (C=O) groups is 6. The first-order valence-corrected chi connectivity index (χ1v) is 28.3. The second-order valence-corrected chi connectivity index (χ2v) is 22.5. The fraction of sp³-hybridized carbons (Fsp3) is 0.517. The summed E-state index contributed by atoms with van der Waals surface area (Å²) in [7, 11) is 0. The number of benzene rings is 3. The molecule has 6 aliphatic heterocycles. The monoisotopic (exact) mass is 1060 g/mol. The van der Waals surface area contributed by atoms with Crippen LogP contribution in [0, 0.1) is 26.2 Å². The fourth-order valence-electron chi connectivity index (χ4n) is 12.8. The van der Waals surface area contributed by atoms with E-state index in [4.69, 9.17) is 4.74 Å². The molecule has 18 heteroatoms. The first-order valence-electron chi connectivity index (χ1n) is 28.3. The third-order valence-corrected chi connectivity index (χ3v) is 17.6. The van der Waals surface area contributed by atoms with E-state index in [1.807, 2.05) is 32.9 Å². The maximum atomic E-state index is 14.1. The van der Waals surface area contributed by atoms with E-state index in [0.29, 0.717) is 49.2 Å². The van der Waals surface area contributed by atoms with Crippen molar-refractivity contribution < 1.29 is 33.5 Å². The second kappa shape index (κ2) is 23.7. The summed E-state index contributed by atoms with van der Waals surface area (Å²) in [6.07, 6.45) is 6.23. The maximum Gasteiger partial charge on any atom is 0.264 e. The number of piperidine rings is 3. The molecule has 18 nitrogen and oxygen atoms in total. The van der Waals surface area contributed by atoms with Crippen LogP contribution in [0.3, 0.4) is 0 Å². The first kappa shape index (κ1) is 54.6. The van der Waals surface area contributed by atoms with Crippen LogP contribution < -0.4 is 26.4 Å². The van der Waals surface area contributed by atoms with Crippen LogP contribution in [0.4, 0.5) is 11.4 Å². The SMILES string of the molecule is CCN(c1cc(-c2ccc(CN3CCN(CC(=O)N4CCC5(CCN(CCNc6cccc7c6C(=O)N(C6CCC(=O)NC6=O)C7=O)CC5)CC4)CC3)cc2)cc(C(=O)NCc2c(C)cc(C)[nH]c2=O)c1C)C1CCOCC1. The zero-order chi connectivity index (χ0) is 54.7. The highest BCUT2D eigenvalue weighted by Gasteiger charge is 2.46. The van der Waals surface area contributed by atoms with Gasteiger partial charge in [0.1, 0.15) is 6.04 Å². The molecule has 10 rings (SSSR count). The molecule has 7 heterocycles. The number of H-pyrrole nitrogens is 1. The van der Waals surface area contributed by atoms with Gasteiger partial charge < -0.3 is 35.1 Å². The molecule has 0 bridgehead atoms. The number of nitrogens with one attached hydrogen (secondary N) is 4. The Bertz CT molecular complexity index is 2980. The van der Waals surface area contributed by atoms with Crippen molar-refractivity contribution in [2.45, 2.75) is 104 Å². The zero-order valence-electron chi connectivity index (χ0n) is 45.8. The number of fused-ring (bicyclic) bond motifs is 1. The van der Waals surface area contributed by atoms with Crippen LogP contribution >= 0.6 is 0 Å². The number of aromatic amines is 1. The predicted octanol–water partition coefficient (Wildman–Crippen LogP) is 5.24. The van der Waals surface area contributed by atoms with E-state index in [1.165, 1.54) is 5.56 Å². The minimum absolute atomic E-state index is 0.0771. The number of nitrogens with zero attached hydrogens (tertiary/aromatic N) is 6. The first-order chi connectivity index (χ1) is 37.7. The molecule has 1 unspecified atom stereocenters. The van der Waals surface area contributed by atoms with Crippen molar-refractivity contribution >= 4 is 46.8 Å². The number of likely N-dealkylation sites (tertiary alicyclic amines) is 2. The molecule has 5 saturated heterocycles. The number of pyridine rings is 1. The summed E-state index contributed by atoms with van der Waals surface area (Å²) in [5.74, 6) is -2.04. The summed E-state index contributed by atoms with van der Waals surface area (Å²) in [6, 6.07) is 19.3. The number of anilines is 2. The largest absolute Gasteiger partial charge is 0.383 e. The van der Waals surface area contributed by atoms with Crippen LogP contribution in [-0.4, -0.2) is 169 Å². The van der Waals surface area contributed by atoms with Crippen molar-refractivity contribution in [1.29, 1.82) is 0 Å². The molecule has 4 aromatic rings. The molecule has 0 radical (unpaired) electrons. The van der Waals surface area contributed by atoms with Crippen molar-refractivity contribution in [2.75, 3.05) is 102 Å². The van der Waals surface area contributed by atoms with Crippen LogP contribution in [0.5, 0.6) is 0 Å². The highest BCUT2D eigenvalue weighted by atomic mass is 16.5. The molecule has 0 saturated carbocycles. The molecule has 1 atom stereocenters. The summed E-state index contributed by atoms with van der Waals surface area (Å²) in [5.41, 5.74) is 9.12. The van der Waals surface area contributed by atoms with Crippen molar-refractivity contribution in [3.8, 4) is 11.1 Å². The van der Waals surface area contributed by atoms with Gasteiger partial charge in [0.25, 0.3) is 23.3 Å². The van der Waals surface area contributed by atoms with E-state index in [2.05, 4.69) is 82.7 Å². The van der Waals surface area contributed by atoms with Gasteiger partial charge >= 0.3 is 0 Å². The lowest BCUT2D eigenvalue weighted by molar-refractivity contribution is -0.137. The Hall–Kier alpha value is -6.73. The molecule has 1 spiro atoms. The topological polar surface area (TPSA) is 200 Å². The molecule has 1 aromatic heterocycles. The van der Waals surface area contributed by atoms with Gasteiger partial charge in [0.15, 0.2) is 0 Å². The number of aromatic nitrogens is 1. The van der Waals surface area contributed by atoms with E-state index in [-0.39, 0.29) is 53.3 Å². The highest BCUT2D eigenvalue weighted by Crippen LogP contribution is 2.42. The normalized spacial score (nSPS) is 20.5. The lowest BCUT2D eigenvalue weighted by Crippen LogP contribution is -2.54. The van der Waals surface area contributed by atoms with E-state index < -0.39 is 29.7 Å². The summed E-state index contributed by atoms with van der Waals surface area (Å²) in [4.78, 5) is 107. The Kier molecular flexibility index (Phi) is 16.6.